The quantitative estimate of drug-likeness (QED) is 0.195. The standard InChI is InChI=1S/C26H30FN9O2/c27-18-15-29-11-10-19(18)33-26(38)22-9-8-21-20(32-24-3-1-2-23(34-24)30-12-13-37)14-25(35-36(21)22)31-17-6-4-16(28)5-7-17/h1-3,8-11,14-17,37H,4-7,12-13,28H2,(H,31,35)(H,29,33,38)(H2,30,32,34)/t16-,17-. The zero-order valence-corrected chi connectivity index (χ0v) is 20.7. The molecule has 0 atom stereocenters. The second-order valence-corrected chi connectivity index (χ2v) is 9.21. The number of aromatic nitrogens is 4. The maximum Gasteiger partial charge on any atom is 0.274 e. The van der Waals surface area contributed by atoms with Crippen molar-refractivity contribution in [2.75, 3.05) is 34.4 Å². The highest BCUT2D eigenvalue weighted by Gasteiger charge is 2.21. The molecule has 4 heterocycles. The molecule has 0 aliphatic heterocycles. The zero-order valence-electron chi connectivity index (χ0n) is 20.7. The summed E-state index contributed by atoms with van der Waals surface area (Å²) in [4.78, 5) is 21.4. The van der Waals surface area contributed by atoms with E-state index in [0.29, 0.717) is 35.2 Å². The minimum Gasteiger partial charge on any atom is -0.395 e. The predicted octanol–water partition coefficient (Wildman–Crippen LogP) is 3.35. The highest BCUT2D eigenvalue weighted by Crippen LogP contribution is 2.28. The zero-order chi connectivity index (χ0) is 26.5. The van der Waals surface area contributed by atoms with Crippen molar-refractivity contribution in [3.63, 3.8) is 0 Å². The summed E-state index contributed by atoms with van der Waals surface area (Å²) >= 11 is 0. The summed E-state index contributed by atoms with van der Waals surface area (Å²) < 4.78 is 15.6. The third-order valence-corrected chi connectivity index (χ3v) is 6.43. The first kappa shape index (κ1) is 25.4. The molecule has 7 N–H and O–H groups in total. The van der Waals surface area contributed by atoms with Crippen LogP contribution in [0.3, 0.4) is 0 Å². The number of carbonyl (C=O) groups is 1. The molecule has 5 rings (SSSR count). The molecule has 11 nitrogen and oxygen atoms in total. The molecule has 1 amide bonds. The molecule has 4 aromatic rings. The van der Waals surface area contributed by atoms with Crippen LogP contribution in [0.5, 0.6) is 0 Å². The normalized spacial score (nSPS) is 17.2. The molecule has 38 heavy (non-hydrogen) atoms. The Morgan fingerprint density at radius 2 is 1.89 bits per heavy atom. The summed E-state index contributed by atoms with van der Waals surface area (Å²) in [6.45, 7) is 0.369. The summed E-state index contributed by atoms with van der Waals surface area (Å²) in [5, 5.41) is 26.3. The van der Waals surface area contributed by atoms with E-state index in [9.17, 15) is 9.18 Å². The van der Waals surface area contributed by atoms with E-state index in [2.05, 4.69) is 31.2 Å². The summed E-state index contributed by atoms with van der Waals surface area (Å²) in [5.41, 5.74) is 7.65. The Labute approximate surface area is 218 Å². The summed E-state index contributed by atoms with van der Waals surface area (Å²) in [6.07, 6.45) is 6.15. The number of pyridine rings is 2. The maximum atomic E-state index is 14.1. The second kappa shape index (κ2) is 11.4. The van der Waals surface area contributed by atoms with Gasteiger partial charge >= 0.3 is 0 Å². The van der Waals surface area contributed by atoms with Crippen molar-refractivity contribution in [2.24, 2.45) is 5.73 Å². The van der Waals surface area contributed by atoms with E-state index in [0.717, 1.165) is 31.9 Å². The van der Waals surface area contributed by atoms with Crippen LogP contribution in [-0.2, 0) is 0 Å². The Kier molecular flexibility index (Phi) is 7.61. The van der Waals surface area contributed by atoms with E-state index >= 15 is 0 Å². The van der Waals surface area contributed by atoms with Gasteiger partial charge in [-0.1, -0.05) is 6.07 Å². The lowest BCUT2D eigenvalue weighted by Crippen LogP contribution is -2.33. The van der Waals surface area contributed by atoms with Crippen molar-refractivity contribution < 1.29 is 14.3 Å². The lowest BCUT2D eigenvalue weighted by atomic mass is 9.92. The van der Waals surface area contributed by atoms with Crippen LogP contribution in [0, 0.1) is 5.82 Å². The fourth-order valence-electron chi connectivity index (χ4n) is 4.49. The van der Waals surface area contributed by atoms with Crippen LogP contribution >= 0.6 is 0 Å². The Morgan fingerprint density at radius 3 is 2.68 bits per heavy atom. The van der Waals surface area contributed by atoms with Gasteiger partial charge in [0.25, 0.3) is 5.91 Å². The molecule has 0 saturated heterocycles. The molecule has 0 bridgehead atoms. The van der Waals surface area contributed by atoms with Gasteiger partial charge in [0, 0.05) is 30.9 Å². The first-order valence-corrected chi connectivity index (χ1v) is 12.5. The molecular formula is C26H30FN9O2. The van der Waals surface area contributed by atoms with Gasteiger partial charge in [-0.3, -0.25) is 9.78 Å². The van der Waals surface area contributed by atoms with E-state index in [1.165, 1.54) is 16.8 Å². The molecular weight excluding hydrogens is 489 g/mol. The van der Waals surface area contributed by atoms with Crippen LogP contribution in [0.1, 0.15) is 36.2 Å². The number of amides is 1. The molecule has 0 unspecified atom stereocenters. The number of carbonyl (C=O) groups excluding carboxylic acids is 1. The van der Waals surface area contributed by atoms with Gasteiger partial charge in [-0.15, -0.1) is 5.10 Å². The Morgan fingerprint density at radius 1 is 1.08 bits per heavy atom. The van der Waals surface area contributed by atoms with Gasteiger partial charge in [-0.05, 0) is 56.0 Å². The monoisotopic (exact) mass is 519 g/mol. The number of nitrogens with two attached hydrogens (primary N) is 1. The number of aliphatic hydroxyl groups is 1. The van der Waals surface area contributed by atoms with E-state index in [4.69, 9.17) is 15.9 Å². The smallest absolute Gasteiger partial charge is 0.274 e. The van der Waals surface area contributed by atoms with Gasteiger partial charge in [-0.2, -0.15) is 0 Å². The Hall–Kier alpha value is -4.29. The van der Waals surface area contributed by atoms with Gasteiger partial charge in [0.1, 0.15) is 23.1 Å². The predicted molar refractivity (Wildman–Crippen MR) is 144 cm³/mol. The molecule has 1 aliphatic rings. The van der Waals surface area contributed by atoms with Crippen molar-refractivity contribution in [3.8, 4) is 0 Å². The molecule has 4 aromatic heterocycles. The van der Waals surface area contributed by atoms with Crippen LogP contribution in [0.2, 0.25) is 0 Å². The fraction of sp³-hybridized carbons (Fsp3) is 0.308. The van der Waals surface area contributed by atoms with Crippen LogP contribution < -0.4 is 27.0 Å². The first-order valence-electron chi connectivity index (χ1n) is 12.5. The minimum atomic E-state index is -0.629. The van der Waals surface area contributed by atoms with Crippen molar-refractivity contribution in [1.82, 2.24) is 19.6 Å². The highest BCUT2D eigenvalue weighted by molar-refractivity contribution is 6.04. The van der Waals surface area contributed by atoms with Crippen molar-refractivity contribution in [2.45, 2.75) is 37.8 Å². The third kappa shape index (κ3) is 5.82. The average Bonchev–Trinajstić information content (AvgIpc) is 3.35. The van der Waals surface area contributed by atoms with Crippen molar-refractivity contribution in [1.29, 1.82) is 0 Å². The molecule has 0 aromatic carbocycles. The molecule has 1 fully saturated rings. The third-order valence-electron chi connectivity index (χ3n) is 6.43. The van der Waals surface area contributed by atoms with E-state index < -0.39 is 11.7 Å². The van der Waals surface area contributed by atoms with E-state index in [1.54, 1.807) is 12.1 Å². The Balaban J connectivity index is 1.48. The first-order chi connectivity index (χ1) is 18.5. The van der Waals surface area contributed by atoms with Crippen LogP contribution in [0.15, 0.2) is 54.9 Å². The van der Waals surface area contributed by atoms with Crippen molar-refractivity contribution >= 4 is 40.3 Å². The lowest BCUT2D eigenvalue weighted by molar-refractivity contribution is 0.102. The average molecular weight is 520 g/mol. The lowest BCUT2D eigenvalue weighted by Gasteiger charge is -2.27. The number of halogens is 1. The molecule has 1 saturated carbocycles. The fourth-order valence-corrected chi connectivity index (χ4v) is 4.49. The molecule has 0 spiro atoms. The number of hydrogen-bond acceptors (Lipinski definition) is 9. The molecule has 12 heteroatoms. The van der Waals surface area contributed by atoms with Crippen LogP contribution in [-0.4, -0.2) is 55.8 Å². The van der Waals surface area contributed by atoms with Crippen LogP contribution in [0.25, 0.3) is 5.52 Å². The van der Waals surface area contributed by atoms with Crippen LogP contribution in [0.4, 0.5) is 33.2 Å². The van der Waals surface area contributed by atoms with Gasteiger partial charge < -0.3 is 32.1 Å². The minimum absolute atomic E-state index is 0.0101. The van der Waals surface area contributed by atoms with Gasteiger partial charge in [0.05, 0.1) is 29.7 Å². The molecule has 198 valence electrons. The topological polar surface area (TPSA) is 155 Å². The Bertz CT molecular complexity index is 1420. The number of nitrogens with zero attached hydrogens (tertiary/aromatic N) is 4. The number of rotatable bonds is 9. The summed E-state index contributed by atoms with van der Waals surface area (Å²) in [7, 11) is 0. The number of hydrogen-bond donors (Lipinski definition) is 6. The molecule has 1 aliphatic carbocycles. The van der Waals surface area contributed by atoms with Gasteiger partial charge in [-0.25, -0.2) is 13.9 Å². The highest BCUT2D eigenvalue weighted by atomic mass is 19.1. The van der Waals surface area contributed by atoms with Gasteiger partial charge in [0.15, 0.2) is 5.82 Å². The number of anilines is 5. The van der Waals surface area contributed by atoms with E-state index in [-0.39, 0.29) is 30.1 Å². The van der Waals surface area contributed by atoms with Gasteiger partial charge in [0.2, 0.25) is 0 Å². The molecule has 0 radical (unpaired) electrons. The summed E-state index contributed by atoms with van der Waals surface area (Å²) in [5.74, 6) is 0.622. The number of aliphatic hydroxyl groups excluding tert-OH is 1. The second-order valence-electron chi connectivity index (χ2n) is 9.21. The van der Waals surface area contributed by atoms with E-state index in [1.807, 2.05) is 24.3 Å². The number of fused-ring (bicyclic) bond motifs is 1. The largest absolute Gasteiger partial charge is 0.395 e. The SMILES string of the molecule is N[C@H]1CC[C@H](Nc2cc(Nc3cccc(NCCO)n3)c3ccc(C(=O)Nc4ccncc4F)n3n2)CC1. The van der Waals surface area contributed by atoms with Crippen molar-refractivity contribution in [3.05, 3.63) is 66.4 Å². The summed E-state index contributed by atoms with van der Waals surface area (Å²) in [6, 6.07) is 12.6. The maximum absolute atomic E-state index is 14.1. The number of nitrogens with one attached hydrogen (secondary N) is 4.